The van der Waals surface area contributed by atoms with Gasteiger partial charge in [0.25, 0.3) is 0 Å². The van der Waals surface area contributed by atoms with Gasteiger partial charge in [-0.3, -0.25) is 0 Å². The van der Waals surface area contributed by atoms with E-state index in [1.54, 1.807) is 0 Å². The van der Waals surface area contributed by atoms with Gasteiger partial charge in [-0.05, 0) is 0 Å². The summed E-state index contributed by atoms with van der Waals surface area (Å²) in [7, 11) is 0. The fraction of sp³-hybridized carbons (Fsp3) is 0. The third-order valence-corrected chi connectivity index (χ3v) is 0.368. The normalized spacial score (nSPS) is 8.44. The summed E-state index contributed by atoms with van der Waals surface area (Å²) in [5, 5.41) is 15.6. The predicted octanol–water partition coefficient (Wildman–Crippen LogP) is -0.291. The number of aliphatic carboxylic acids is 2. The molecule has 53 valence electrons. The summed E-state index contributed by atoms with van der Waals surface area (Å²) in [4.78, 5) is 19.1. The largest absolute Gasteiger partial charge is 2.00 e. The Kier molecular flexibility index (Phi) is 6.56. The zero-order chi connectivity index (χ0) is 6.57. The molecule has 0 amide bonds. The first-order valence-electron chi connectivity index (χ1n) is 1.77. The Hall–Kier alpha value is -0.801. The van der Waals surface area contributed by atoms with E-state index in [0.717, 1.165) is 0 Å². The SMILES string of the molecule is O=C(O)/C=C\C(=O)O.[Cu+2]. The summed E-state index contributed by atoms with van der Waals surface area (Å²) in [5.74, 6) is -2.51. The summed E-state index contributed by atoms with van der Waals surface area (Å²) >= 11 is 0. The molecule has 0 fully saturated rings. The molecule has 0 aliphatic rings. The van der Waals surface area contributed by atoms with Crippen molar-refractivity contribution in [3.05, 3.63) is 12.2 Å². The standard InChI is InChI=1S/C4H4O4.Cu/c5-3(6)1-2-4(7)8;/h1-2H,(H,5,6)(H,7,8);/q;+2/b2-1-;. The van der Waals surface area contributed by atoms with Gasteiger partial charge >= 0.3 is 29.0 Å². The quantitative estimate of drug-likeness (QED) is 0.451. The van der Waals surface area contributed by atoms with Gasteiger partial charge in [0.1, 0.15) is 0 Å². The molecule has 0 aromatic heterocycles. The maximum absolute atomic E-state index is 9.55. The van der Waals surface area contributed by atoms with Crippen LogP contribution in [0.3, 0.4) is 0 Å². The van der Waals surface area contributed by atoms with Crippen LogP contribution < -0.4 is 0 Å². The van der Waals surface area contributed by atoms with Crippen LogP contribution in [0.25, 0.3) is 0 Å². The predicted molar refractivity (Wildman–Crippen MR) is 24.4 cm³/mol. The van der Waals surface area contributed by atoms with Crippen LogP contribution in [0.5, 0.6) is 0 Å². The zero-order valence-electron chi connectivity index (χ0n) is 4.17. The molecule has 0 aromatic rings. The van der Waals surface area contributed by atoms with Gasteiger partial charge in [0.05, 0.1) is 0 Å². The van der Waals surface area contributed by atoms with E-state index >= 15 is 0 Å². The van der Waals surface area contributed by atoms with Crippen molar-refractivity contribution < 1.29 is 36.9 Å². The average Bonchev–Trinajstić information content (AvgIpc) is 1.61. The molecule has 1 radical (unpaired) electrons. The van der Waals surface area contributed by atoms with E-state index in [-0.39, 0.29) is 17.1 Å². The van der Waals surface area contributed by atoms with Crippen molar-refractivity contribution in [1.29, 1.82) is 0 Å². The summed E-state index contributed by atoms with van der Waals surface area (Å²) in [6.07, 6.45) is 1.12. The number of hydrogen-bond donors (Lipinski definition) is 2. The molecule has 0 rings (SSSR count). The van der Waals surface area contributed by atoms with Crippen LogP contribution in [0.2, 0.25) is 0 Å². The molecule has 0 aromatic carbocycles. The molecule has 9 heavy (non-hydrogen) atoms. The van der Waals surface area contributed by atoms with Crippen LogP contribution in [-0.4, -0.2) is 22.2 Å². The topological polar surface area (TPSA) is 74.6 Å². The third-order valence-electron chi connectivity index (χ3n) is 0.368. The number of carboxylic acid groups (broad SMARTS) is 2. The maximum Gasteiger partial charge on any atom is 2.00 e. The van der Waals surface area contributed by atoms with Gasteiger partial charge in [-0.2, -0.15) is 0 Å². The van der Waals surface area contributed by atoms with Crippen LogP contribution >= 0.6 is 0 Å². The van der Waals surface area contributed by atoms with Crippen molar-refractivity contribution in [1.82, 2.24) is 0 Å². The molecule has 4 nitrogen and oxygen atoms in total. The second-order valence-corrected chi connectivity index (χ2v) is 1.01. The molecular weight excluding hydrogens is 176 g/mol. The molecule has 0 aliphatic heterocycles. The molecular formula is C4H4CuO4+2. The summed E-state index contributed by atoms with van der Waals surface area (Å²) in [5.41, 5.74) is 0. The zero-order valence-corrected chi connectivity index (χ0v) is 5.11. The van der Waals surface area contributed by atoms with Crippen LogP contribution in [0.4, 0.5) is 0 Å². The van der Waals surface area contributed by atoms with Gasteiger partial charge in [-0.1, -0.05) is 0 Å². The minimum Gasteiger partial charge on any atom is -0.478 e. The van der Waals surface area contributed by atoms with E-state index in [2.05, 4.69) is 0 Å². The summed E-state index contributed by atoms with van der Waals surface area (Å²) < 4.78 is 0. The molecule has 0 atom stereocenters. The van der Waals surface area contributed by atoms with Crippen LogP contribution in [0.15, 0.2) is 12.2 Å². The van der Waals surface area contributed by atoms with Crippen LogP contribution in [-0.2, 0) is 26.7 Å². The number of hydrogen-bond acceptors (Lipinski definition) is 2. The Balaban J connectivity index is 0. The van der Waals surface area contributed by atoms with Crippen LogP contribution in [0.1, 0.15) is 0 Å². The first-order chi connectivity index (χ1) is 3.63. The third kappa shape index (κ3) is 11.0. The van der Waals surface area contributed by atoms with Gasteiger partial charge in [0, 0.05) is 12.2 Å². The van der Waals surface area contributed by atoms with Crippen molar-refractivity contribution in [3.63, 3.8) is 0 Å². The molecule has 0 heterocycles. The van der Waals surface area contributed by atoms with Gasteiger partial charge in [0.15, 0.2) is 0 Å². The van der Waals surface area contributed by atoms with Crippen molar-refractivity contribution >= 4 is 11.9 Å². The fourth-order valence-corrected chi connectivity index (χ4v) is 0.143. The second-order valence-electron chi connectivity index (χ2n) is 1.01. The van der Waals surface area contributed by atoms with E-state index in [9.17, 15) is 9.59 Å². The molecule has 0 bridgehead atoms. The molecule has 0 unspecified atom stereocenters. The van der Waals surface area contributed by atoms with Gasteiger partial charge in [0.2, 0.25) is 0 Å². The number of rotatable bonds is 2. The Labute approximate surface area is 61.7 Å². The summed E-state index contributed by atoms with van der Waals surface area (Å²) in [6, 6.07) is 0. The minimum absolute atomic E-state index is 0. The van der Waals surface area contributed by atoms with E-state index in [4.69, 9.17) is 10.2 Å². The van der Waals surface area contributed by atoms with Crippen molar-refractivity contribution in [3.8, 4) is 0 Å². The molecule has 5 heteroatoms. The molecule has 0 saturated carbocycles. The van der Waals surface area contributed by atoms with E-state index in [0.29, 0.717) is 12.2 Å². The van der Waals surface area contributed by atoms with Crippen molar-refractivity contribution in [2.45, 2.75) is 0 Å². The second kappa shape index (κ2) is 5.34. The fourth-order valence-electron chi connectivity index (χ4n) is 0.143. The maximum atomic E-state index is 9.55. The number of carboxylic acids is 2. The van der Waals surface area contributed by atoms with Gasteiger partial charge < -0.3 is 10.2 Å². The van der Waals surface area contributed by atoms with Crippen LogP contribution in [0, 0.1) is 0 Å². The monoisotopic (exact) mass is 179 g/mol. The van der Waals surface area contributed by atoms with E-state index in [1.165, 1.54) is 0 Å². The van der Waals surface area contributed by atoms with E-state index < -0.39 is 11.9 Å². The van der Waals surface area contributed by atoms with Gasteiger partial charge in [-0.15, -0.1) is 0 Å². The summed E-state index contributed by atoms with van der Waals surface area (Å²) in [6.45, 7) is 0. The van der Waals surface area contributed by atoms with Crippen molar-refractivity contribution in [2.24, 2.45) is 0 Å². The molecule has 0 aliphatic carbocycles. The average molecular weight is 180 g/mol. The Morgan fingerprint density at radius 3 is 1.33 bits per heavy atom. The Morgan fingerprint density at radius 2 is 1.22 bits per heavy atom. The molecule has 2 N–H and O–H groups in total. The molecule has 0 spiro atoms. The first kappa shape index (κ1) is 11.1. The van der Waals surface area contributed by atoms with Crippen molar-refractivity contribution in [2.75, 3.05) is 0 Å². The smallest absolute Gasteiger partial charge is 0.478 e. The number of carbonyl (C=O) groups is 2. The van der Waals surface area contributed by atoms with E-state index in [1.807, 2.05) is 0 Å². The Morgan fingerprint density at radius 1 is 1.00 bits per heavy atom. The first-order valence-corrected chi connectivity index (χ1v) is 1.77. The minimum atomic E-state index is -1.26. The Bertz CT molecular complexity index is 124. The molecule has 0 saturated heterocycles. The van der Waals surface area contributed by atoms with Gasteiger partial charge in [-0.25, -0.2) is 9.59 Å².